The van der Waals surface area contributed by atoms with Crippen LogP contribution in [-0.2, 0) is 6.54 Å². The van der Waals surface area contributed by atoms with Crippen molar-refractivity contribution in [3.05, 3.63) is 42.3 Å². The summed E-state index contributed by atoms with van der Waals surface area (Å²) in [5.74, 6) is 1.42. The monoisotopic (exact) mass is 497 g/mol. The molecule has 0 saturated carbocycles. The molecule has 0 aliphatic carbocycles. The van der Waals surface area contributed by atoms with Crippen LogP contribution in [0, 0.1) is 0 Å². The highest BCUT2D eigenvalue weighted by Crippen LogP contribution is 2.20. The molecule has 6 nitrogen and oxygen atoms in total. The van der Waals surface area contributed by atoms with Crippen LogP contribution in [0.4, 0.5) is 0 Å². The average molecular weight is 497 g/mol. The van der Waals surface area contributed by atoms with E-state index in [-0.39, 0.29) is 29.5 Å². The Morgan fingerprint density at radius 2 is 1.86 bits per heavy atom. The van der Waals surface area contributed by atoms with E-state index in [1.165, 1.54) is 32.4 Å². The average Bonchev–Trinajstić information content (AvgIpc) is 3.18. The molecule has 1 aliphatic rings. The van der Waals surface area contributed by atoms with E-state index in [4.69, 9.17) is 4.42 Å². The third kappa shape index (κ3) is 6.20. The van der Waals surface area contributed by atoms with Gasteiger partial charge in [0.05, 0.1) is 12.2 Å². The van der Waals surface area contributed by atoms with Crippen molar-refractivity contribution in [1.29, 1.82) is 0 Å². The number of nitrogens with zero attached hydrogens (tertiary/aromatic N) is 3. The van der Waals surface area contributed by atoms with Crippen LogP contribution in [0.1, 0.15) is 38.8 Å². The van der Waals surface area contributed by atoms with E-state index < -0.39 is 0 Å². The molecule has 0 amide bonds. The highest BCUT2D eigenvalue weighted by atomic mass is 127. The maximum Gasteiger partial charge on any atom is 0.226 e. The van der Waals surface area contributed by atoms with Crippen molar-refractivity contribution < 1.29 is 4.42 Å². The number of hydrogen-bond acceptors (Lipinski definition) is 4. The zero-order valence-corrected chi connectivity index (χ0v) is 19.4. The van der Waals surface area contributed by atoms with E-state index in [9.17, 15) is 0 Å². The van der Waals surface area contributed by atoms with Crippen molar-refractivity contribution >= 4 is 29.9 Å². The number of hydrogen-bond donors (Lipinski definition) is 2. The van der Waals surface area contributed by atoms with Crippen molar-refractivity contribution in [3.63, 3.8) is 0 Å². The summed E-state index contributed by atoms with van der Waals surface area (Å²) in [7, 11) is 1.79. The lowest BCUT2D eigenvalue weighted by molar-refractivity contribution is 0.0982. The Kier molecular flexibility index (Phi) is 8.75. The van der Waals surface area contributed by atoms with Crippen LogP contribution in [0.15, 0.2) is 46.0 Å². The number of guanidine groups is 1. The Morgan fingerprint density at radius 3 is 2.54 bits per heavy atom. The SMILES string of the molecule is CN=C(NCc1coc(-c2ccccc2)n1)NCC(C)(C)N1CCCCC1.I. The summed E-state index contributed by atoms with van der Waals surface area (Å²) in [6, 6.07) is 9.93. The van der Waals surface area contributed by atoms with E-state index in [0.29, 0.717) is 12.4 Å². The van der Waals surface area contributed by atoms with Gasteiger partial charge in [-0.05, 0) is 51.9 Å². The smallest absolute Gasteiger partial charge is 0.226 e. The van der Waals surface area contributed by atoms with Gasteiger partial charge in [-0.15, -0.1) is 24.0 Å². The lowest BCUT2D eigenvalue weighted by atomic mass is 9.98. The van der Waals surface area contributed by atoms with Crippen LogP contribution in [0.5, 0.6) is 0 Å². The molecule has 1 aromatic heterocycles. The first-order valence-electron chi connectivity index (χ1n) is 9.78. The first-order chi connectivity index (χ1) is 13.1. The van der Waals surface area contributed by atoms with Crippen LogP contribution >= 0.6 is 24.0 Å². The van der Waals surface area contributed by atoms with Gasteiger partial charge in [-0.25, -0.2) is 4.98 Å². The van der Waals surface area contributed by atoms with Gasteiger partial charge in [-0.1, -0.05) is 24.6 Å². The molecule has 154 valence electrons. The molecule has 28 heavy (non-hydrogen) atoms. The molecule has 2 N–H and O–H groups in total. The van der Waals surface area contributed by atoms with Crippen LogP contribution in [-0.4, -0.2) is 48.1 Å². The van der Waals surface area contributed by atoms with E-state index in [2.05, 4.69) is 39.4 Å². The minimum absolute atomic E-state index is 0. The molecule has 1 aliphatic heterocycles. The number of rotatable bonds is 6. The number of nitrogens with one attached hydrogen (secondary N) is 2. The molecule has 1 fully saturated rings. The molecule has 1 aromatic carbocycles. The lowest BCUT2D eigenvalue weighted by Crippen LogP contribution is -2.54. The van der Waals surface area contributed by atoms with Gasteiger partial charge in [-0.3, -0.25) is 9.89 Å². The number of benzene rings is 1. The third-order valence-electron chi connectivity index (χ3n) is 5.13. The highest BCUT2D eigenvalue weighted by Gasteiger charge is 2.27. The fourth-order valence-corrected chi connectivity index (χ4v) is 3.41. The summed E-state index contributed by atoms with van der Waals surface area (Å²) >= 11 is 0. The molecule has 0 spiro atoms. The van der Waals surface area contributed by atoms with Crippen molar-refractivity contribution in [3.8, 4) is 11.5 Å². The van der Waals surface area contributed by atoms with Crippen LogP contribution in [0.3, 0.4) is 0 Å². The summed E-state index contributed by atoms with van der Waals surface area (Å²) in [5, 5.41) is 6.78. The van der Waals surface area contributed by atoms with Crippen molar-refractivity contribution in [1.82, 2.24) is 20.5 Å². The number of likely N-dealkylation sites (tertiary alicyclic amines) is 1. The molecule has 0 bridgehead atoms. The van der Waals surface area contributed by atoms with Gasteiger partial charge < -0.3 is 15.1 Å². The second kappa shape index (κ2) is 10.8. The topological polar surface area (TPSA) is 65.7 Å². The number of piperidine rings is 1. The molecule has 7 heteroatoms. The molecule has 2 aromatic rings. The van der Waals surface area contributed by atoms with Gasteiger partial charge in [0.25, 0.3) is 0 Å². The molecular formula is C21H32IN5O. The molecule has 2 heterocycles. The van der Waals surface area contributed by atoms with E-state index in [0.717, 1.165) is 23.8 Å². The minimum Gasteiger partial charge on any atom is -0.444 e. The quantitative estimate of drug-likeness (QED) is 0.360. The van der Waals surface area contributed by atoms with Gasteiger partial charge in [-0.2, -0.15) is 0 Å². The second-order valence-corrected chi connectivity index (χ2v) is 7.65. The second-order valence-electron chi connectivity index (χ2n) is 7.65. The van der Waals surface area contributed by atoms with E-state index in [1.54, 1.807) is 13.3 Å². The largest absolute Gasteiger partial charge is 0.444 e. The Labute approximate surface area is 185 Å². The summed E-state index contributed by atoms with van der Waals surface area (Å²) in [4.78, 5) is 11.5. The van der Waals surface area contributed by atoms with Crippen molar-refractivity contribution in [2.45, 2.75) is 45.2 Å². The third-order valence-corrected chi connectivity index (χ3v) is 5.13. The van der Waals surface area contributed by atoms with E-state index >= 15 is 0 Å². The van der Waals surface area contributed by atoms with Crippen LogP contribution in [0.25, 0.3) is 11.5 Å². The van der Waals surface area contributed by atoms with Crippen LogP contribution < -0.4 is 10.6 Å². The predicted molar refractivity (Wildman–Crippen MR) is 125 cm³/mol. The van der Waals surface area contributed by atoms with Gasteiger partial charge >= 0.3 is 0 Å². The molecule has 1 saturated heterocycles. The summed E-state index contributed by atoms with van der Waals surface area (Å²) < 4.78 is 5.59. The fourth-order valence-electron chi connectivity index (χ4n) is 3.41. The summed E-state index contributed by atoms with van der Waals surface area (Å²) in [6.07, 6.45) is 5.64. The number of oxazole rings is 1. The van der Waals surface area contributed by atoms with E-state index in [1.807, 2.05) is 30.3 Å². The summed E-state index contributed by atoms with van der Waals surface area (Å²) in [5.41, 5.74) is 1.94. The molecule has 0 unspecified atom stereocenters. The molecule has 0 radical (unpaired) electrons. The minimum atomic E-state index is 0. The van der Waals surface area contributed by atoms with Gasteiger partial charge in [0, 0.05) is 24.7 Å². The van der Waals surface area contributed by atoms with Gasteiger partial charge in [0.2, 0.25) is 5.89 Å². The lowest BCUT2D eigenvalue weighted by Gasteiger charge is -2.41. The zero-order valence-electron chi connectivity index (χ0n) is 17.1. The zero-order chi connectivity index (χ0) is 19.1. The van der Waals surface area contributed by atoms with Gasteiger partial charge in [0.1, 0.15) is 6.26 Å². The first-order valence-corrected chi connectivity index (χ1v) is 9.78. The Bertz CT molecular complexity index is 738. The van der Waals surface area contributed by atoms with Gasteiger partial charge in [0.15, 0.2) is 5.96 Å². The number of aromatic nitrogens is 1. The maximum absolute atomic E-state index is 5.59. The maximum atomic E-state index is 5.59. The molecular weight excluding hydrogens is 465 g/mol. The fraction of sp³-hybridized carbons (Fsp3) is 0.524. The first kappa shape index (κ1) is 22.7. The number of aliphatic imine (C=N–C) groups is 1. The Hall–Kier alpha value is -1.61. The Balaban J connectivity index is 0.00000280. The number of halogens is 1. The van der Waals surface area contributed by atoms with Crippen molar-refractivity contribution in [2.24, 2.45) is 4.99 Å². The highest BCUT2D eigenvalue weighted by molar-refractivity contribution is 14.0. The van der Waals surface area contributed by atoms with Crippen LogP contribution in [0.2, 0.25) is 0 Å². The standard InChI is InChI=1S/C21H31N5O.HI/c1-21(2,26-12-8-5-9-13-26)16-24-20(22-3)23-14-18-15-27-19(25-18)17-10-6-4-7-11-17;/h4,6-7,10-11,15H,5,8-9,12-14,16H2,1-3H3,(H2,22,23,24);1H. The Morgan fingerprint density at radius 1 is 1.14 bits per heavy atom. The predicted octanol–water partition coefficient (Wildman–Crippen LogP) is 3.89. The summed E-state index contributed by atoms with van der Waals surface area (Å²) in [6.45, 7) is 8.37. The molecule has 0 atom stereocenters. The normalized spacial score (nSPS) is 15.8. The van der Waals surface area contributed by atoms with Crippen molar-refractivity contribution in [2.75, 3.05) is 26.7 Å². The molecule has 3 rings (SSSR count).